The van der Waals surface area contributed by atoms with Gasteiger partial charge in [-0.25, -0.2) is 4.79 Å². The van der Waals surface area contributed by atoms with E-state index in [1.807, 2.05) is 0 Å². The number of hydrogen-bond acceptors (Lipinski definition) is 4. The number of fused-ring (bicyclic) bond motifs is 1. The van der Waals surface area contributed by atoms with E-state index >= 15 is 0 Å². The average Bonchev–Trinajstić information content (AvgIpc) is 2.95. The van der Waals surface area contributed by atoms with Gasteiger partial charge in [0.05, 0.1) is 13.2 Å². The van der Waals surface area contributed by atoms with Crippen molar-refractivity contribution < 1.29 is 9.53 Å². The van der Waals surface area contributed by atoms with Crippen LogP contribution in [-0.2, 0) is 11.2 Å². The van der Waals surface area contributed by atoms with Gasteiger partial charge in [-0.1, -0.05) is 0 Å². The largest absolute Gasteiger partial charge is 0.453 e. The summed E-state index contributed by atoms with van der Waals surface area (Å²) in [5.74, 6) is 0. The summed E-state index contributed by atoms with van der Waals surface area (Å²) in [4.78, 5) is 13.6. The fourth-order valence-corrected chi connectivity index (χ4v) is 3.17. The second-order valence-electron chi connectivity index (χ2n) is 5.99. The Morgan fingerprint density at radius 2 is 2.29 bits per heavy atom. The molecule has 2 aliphatic heterocycles. The molecule has 3 rings (SSSR count). The SMILES string of the molecule is COC(=O)NC1CCN(c2ccc3c(c2)CCC(C)N3)C1. The van der Waals surface area contributed by atoms with Crippen LogP contribution >= 0.6 is 0 Å². The van der Waals surface area contributed by atoms with Crippen LogP contribution in [0.4, 0.5) is 16.2 Å². The molecule has 5 heteroatoms. The van der Waals surface area contributed by atoms with E-state index in [0.717, 1.165) is 25.9 Å². The molecule has 5 nitrogen and oxygen atoms in total. The molecule has 1 fully saturated rings. The molecular weight excluding hydrogens is 266 g/mol. The monoisotopic (exact) mass is 289 g/mol. The first-order valence-corrected chi connectivity index (χ1v) is 7.64. The van der Waals surface area contributed by atoms with Crippen LogP contribution in [0.25, 0.3) is 0 Å². The number of ether oxygens (including phenoxy) is 1. The third-order valence-electron chi connectivity index (χ3n) is 4.40. The molecule has 0 bridgehead atoms. The molecule has 114 valence electrons. The molecule has 1 aromatic rings. The second-order valence-corrected chi connectivity index (χ2v) is 5.99. The van der Waals surface area contributed by atoms with Crippen LogP contribution in [0.1, 0.15) is 25.3 Å². The molecule has 2 unspecified atom stereocenters. The van der Waals surface area contributed by atoms with Gasteiger partial charge >= 0.3 is 6.09 Å². The smallest absolute Gasteiger partial charge is 0.407 e. The van der Waals surface area contributed by atoms with Gasteiger partial charge in [0.1, 0.15) is 0 Å². The number of amides is 1. The zero-order valence-corrected chi connectivity index (χ0v) is 12.7. The Balaban J connectivity index is 1.67. The number of carbonyl (C=O) groups is 1. The quantitative estimate of drug-likeness (QED) is 0.877. The van der Waals surface area contributed by atoms with Crippen molar-refractivity contribution in [3.05, 3.63) is 23.8 Å². The lowest BCUT2D eigenvalue weighted by atomic mass is 9.98. The zero-order valence-electron chi connectivity index (χ0n) is 12.7. The molecule has 2 aliphatic rings. The Kier molecular flexibility index (Phi) is 3.90. The first-order valence-electron chi connectivity index (χ1n) is 7.64. The summed E-state index contributed by atoms with van der Waals surface area (Å²) in [6.07, 6.45) is 2.94. The number of nitrogens with one attached hydrogen (secondary N) is 2. The molecule has 0 saturated carbocycles. The number of carbonyl (C=O) groups excluding carboxylic acids is 1. The zero-order chi connectivity index (χ0) is 14.8. The minimum Gasteiger partial charge on any atom is -0.453 e. The van der Waals surface area contributed by atoms with Gasteiger partial charge in [-0.2, -0.15) is 0 Å². The predicted molar refractivity (Wildman–Crippen MR) is 84.0 cm³/mol. The molecule has 0 spiro atoms. The maximum atomic E-state index is 11.3. The van der Waals surface area contributed by atoms with Gasteiger partial charge in [0.2, 0.25) is 0 Å². The van der Waals surface area contributed by atoms with Crippen molar-refractivity contribution in [1.29, 1.82) is 0 Å². The number of hydrogen-bond donors (Lipinski definition) is 2. The van der Waals surface area contributed by atoms with Gasteiger partial charge in [0.25, 0.3) is 0 Å². The first-order chi connectivity index (χ1) is 10.2. The normalized spacial score (nSPS) is 24.2. The number of alkyl carbamates (subject to hydrolysis) is 1. The number of methoxy groups -OCH3 is 1. The summed E-state index contributed by atoms with van der Waals surface area (Å²) >= 11 is 0. The highest BCUT2D eigenvalue weighted by Crippen LogP contribution is 2.30. The molecule has 1 aromatic carbocycles. The maximum absolute atomic E-state index is 11.3. The number of anilines is 2. The molecular formula is C16H23N3O2. The Labute approximate surface area is 125 Å². The molecule has 1 amide bonds. The second kappa shape index (κ2) is 5.84. The van der Waals surface area contributed by atoms with Crippen LogP contribution in [0, 0.1) is 0 Å². The van der Waals surface area contributed by atoms with Crippen molar-refractivity contribution in [3.8, 4) is 0 Å². The minimum absolute atomic E-state index is 0.173. The van der Waals surface area contributed by atoms with E-state index in [-0.39, 0.29) is 12.1 Å². The van der Waals surface area contributed by atoms with Crippen LogP contribution < -0.4 is 15.5 Å². The van der Waals surface area contributed by atoms with E-state index in [1.54, 1.807) is 0 Å². The summed E-state index contributed by atoms with van der Waals surface area (Å²) in [6.45, 7) is 4.04. The number of nitrogens with zero attached hydrogens (tertiary/aromatic N) is 1. The highest BCUT2D eigenvalue weighted by molar-refractivity contribution is 5.68. The summed E-state index contributed by atoms with van der Waals surface area (Å²) in [7, 11) is 1.40. The predicted octanol–water partition coefficient (Wildman–Crippen LogP) is 2.37. The van der Waals surface area contributed by atoms with E-state index in [4.69, 9.17) is 0 Å². The Morgan fingerprint density at radius 3 is 3.10 bits per heavy atom. The summed E-state index contributed by atoms with van der Waals surface area (Å²) in [5, 5.41) is 6.41. The molecule has 2 N–H and O–H groups in total. The van der Waals surface area contributed by atoms with Crippen LogP contribution in [0.2, 0.25) is 0 Å². The van der Waals surface area contributed by atoms with Crippen molar-refractivity contribution in [2.45, 2.75) is 38.3 Å². The van der Waals surface area contributed by atoms with Crippen LogP contribution in [0.15, 0.2) is 18.2 Å². The third-order valence-corrected chi connectivity index (χ3v) is 4.40. The lowest BCUT2D eigenvalue weighted by Gasteiger charge is -2.26. The molecule has 1 saturated heterocycles. The van der Waals surface area contributed by atoms with E-state index in [0.29, 0.717) is 6.04 Å². The fourth-order valence-electron chi connectivity index (χ4n) is 3.17. The third kappa shape index (κ3) is 3.06. The molecule has 2 atom stereocenters. The first kappa shape index (κ1) is 14.0. The van der Waals surface area contributed by atoms with Crippen molar-refractivity contribution in [3.63, 3.8) is 0 Å². The van der Waals surface area contributed by atoms with Gasteiger partial charge in [-0.3, -0.25) is 0 Å². The van der Waals surface area contributed by atoms with E-state index in [2.05, 4.69) is 45.4 Å². The van der Waals surface area contributed by atoms with Crippen molar-refractivity contribution in [2.75, 3.05) is 30.4 Å². The van der Waals surface area contributed by atoms with E-state index < -0.39 is 0 Å². The van der Waals surface area contributed by atoms with Crippen LogP contribution in [0.3, 0.4) is 0 Å². The molecule has 0 radical (unpaired) electrons. The Bertz CT molecular complexity index is 532. The lowest BCUT2D eigenvalue weighted by Crippen LogP contribution is -2.37. The highest BCUT2D eigenvalue weighted by Gasteiger charge is 2.25. The molecule has 21 heavy (non-hydrogen) atoms. The van der Waals surface area contributed by atoms with Crippen molar-refractivity contribution in [1.82, 2.24) is 5.32 Å². The van der Waals surface area contributed by atoms with Crippen LogP contribution in [0.5, 0.6) is 0 Å². The van der Waals surface area contributed by atoms with Crippen molar-refractivity contribution >= 4 is 17.5 Å². The Morgan fingerprint density at radius 1 is 1.43 bits per heavy atom. The number of benzene rings is 1. The van der Waals surface area contributed by atoms with E-state index in [9.17, 15) is 4.79 Å². The summed E-state index contributed by atoms with van der Waals surface area (Å²) < 4.78 is 4.66. The topological polar surface area (TPSA) is 53.6 Å². The number of aryl methyl sites for hydroxylation is 1. The van der Waals surface area contributed by atoms with Gasteiger partial charge < -0.3 is 20.3 Å². The maximum Gasteiger partial charge on any atom is 0.407 e. The van der Waals surface area contributed by atoms with Gasteiger partial charge in [-0.15, -0.1) is 0 Å². The summed E-state index contributed by atoms with van der Waals surface area (Å²) in [6, 6.07) is 7.37. The highest BCUT2D eigenvalue weighted by atomic mass is 16.5. The molecule has 2 heterocycles. The standard InChI is InChI=1S/C16H23N3O2/c1-11-3-4-12-9-14(5-6-15(12)17-11)19-8-7-13(10-19)18-16(20)21-2/h5-6,9,11,13,17H,3-4,7-8,10H2,1-2H3,(H,18,20). The average molecular weight is 289 g/mol. The van der Waals surface area contributed by atoms with Gasteiger partial charge in [0.15, 0.2) is 0 Å². The summed E-state index contributed by atoms with van der Waals surface area (Å²) in [5.41, 5.74) is 3.91. The fraction of sp³-hybridized carbons (Fsp3) is 0.562. The van der Waals surface area contributed by atoms with Gasteiger partial charge in [-0.05, 0) is 49.9 Å². The van der Waals surface area contributed by atoms with E-state index in [1.165, 1.54) is 30.5 Å². The Hall–Kier alpha value is -1.91. The molecule has 0 aliphatic carbocycles. The lowest BCUT2D eigenvalue weighted by molar-refractivity contribution is 0.167. The molecule has 0 aromatic heterocycles. The minimum atomic E-state index is -0.342. The van der Waals surface area contributed by atoms with Crippen molar-refractivity contribution in [2.24, 2.45) is 0 Å². The van der Waals surface area contributed by atoms with Crippen LogP contribution in [-0.4, -0.2) is 38.4 Å². The van der Waals surface area contributed by atoms with Gasteiger partial charge in [0, 0.05) is 30.5 Å². The number of rotatable bonds is 2.